The third kappa shape index (κ3) is 9.27. The van der Waals surface area contributed by atoms with Crippen LogP contribution in [0.25, 0.3) is 0 Å². The first-order valence-corrected chi connectivity index (χ1v) is 7.41. The smallest absolute Gasteiger partial charge is 0.307 e. The van der Waals surface area contributed by atoms with E-state index in [0.29, 0.717) is 12.5 Å². The topological polar surface area (TPSA) is 72.0 Å². The zero-order chi connectivity index (χ0) is 16.2. The van der Waals surface area contributed by atoms with Gasteiger partial charge >= 0.3 is 5.97 Å². The van der Waals surface area contributed by atoms with Crippen LogP contribution in [0, 0.1) is 0 Å². The lowest BCUT2D eigenvalue weighted by Gasteiger charge is -2.11. The molecule has 0 unspecified atom stereocenters. The summed E-state index contributed by atoms with van der Waals surface area (Å²) >= 11 is 0. The minimum Gasteiger partial charge on any atom is -0.497 e. The van der Waals surface area contributed by atoms with Gasteiger partial charge in [-0.05, 0) is 31.0 Å². The fraction of sp³-hybridized carbons (Fsp3) is 0.500. The first-order chi connectivity index (χ1) is 10.7. The van der Waals surface area contributed by atoms with Crippen molar-refractivity contribution in [3.8, 4) is 5.75 Å². The maximum atomic E-state index is 11.1. The third-order valence-electron chi connectivity index (χ3n) is 3.02. The average molecular weight is 435 g/mol. The highest BCUT2D eigenvalue weighted by Gasteiger charge is 2.01. The Kier molecular flexibility index (Phi) is 12.1. The molecule has 0 aliphatic heterocycles. The molecular formula is C16H26IN3O3. The molecule has 1 aromatic carbocycles. The molecule has 0 radical (unpaired) electrons. The van der Waals surface area contributed by atoms with Crippen molar-refractivity contribution < 1.29 is 14.3 Å². The molecule has 0 atom stereocenters. The van der Waals surface area contributed by atoms with Crippen LogP contribution in [0.5, 0.6) is 5.75 Å². The second-order valence-corrected chi connectivity index (χ2v) is 4.61. The maximum Gasteiger partial charge on any atom is 0.307 e. The number of carbonyl (C=O) groups excluding carboxylic acids is 1. The van der Waals surface area contributed by atoms with Gasteiger partial charge in [-0.15, -0.1) is 24.0 Å². The Morgan fingerprint density at radius 2 is 1.87 bits per heavy atom. The van der Waals surface area contributed by atoms with Gasteiger partial charge in [0.2, 0.25) is 0 Å². The predicted octanol–water partition coefficient (Wildman–Crippen LogP) is 1.97. The summed E-state index contributed by atoms with van der Waals surface area (Å²) in [5.74, 6) is 1.31. The van der Waals surface area contributed by atoms with Gasteiger partial charge in [0.05, 0.1) is 27.2 Å². The molecule has 0 heterocycles. The van der Waals surface area contributed by atoms with Gasteiger partial charge in [-0.2, -0.15) is 0 Å². The number of hydrogen-bond donors (Lipinski definition) is 2. The molecule has 0 saturated heterocycles. The van der Waals surface area contributed by atoms with Crippen molar-refractivity contribution in [1.29, 1.82) is 0 Å². The quantitative estimate of drug-likeness (QED) is 0.283. The number of esters is 1. The van der Waals surface area contributed by atoms with E-state index >= 15 is 0 Å². The summed E-state index contributed by atoms with van der Waals surface area (Å²) in [4.78, 5) is 15.4. The van der Waals surface area contributed by atoms with Crippen molar-refractivity contribution >= 4 is 35.9 Å². The Morgan fingerprint density at radius 1 is 1.17 bits per heavy atom. The largest absolute Gasteiger partial charge is 0.497 e. The van der Waals surface area contributed by atoms with E-state index in [2.05, 4.69) is 20.4 Å². The molecule has 0 aliphatic rings. The number of halogens is 1. The molecule has 0 fully saturated rings. The molecule has 0 amide bonds. The Hall–Kier alpha value is -1.51. The Balaban J connectivity index is 0.00000484. The first kappa shape index (κ1) is 21.5. The van der Waals surface area contributed by atoms with Crippen LogP contribution in [0.2, 0.25) is 0 Å². The van der Waals surface area contributed by atoms with Crippen LogP contribution in [-0.2, 0) is 16.0 Å². The first-order valence-electron chi connectivity index (χ1n) is 7.41. The summed E-state index contributed by atoms with van der Waals surface area (Å²) in [6, 6.07) is 7.99. The van der Waals surface area contributed by atoms with Gasteiger partial charge in [0.1, 0.15) is 5.75 Å². The number of carbonyl (C=O) groups is 1. The summed E-state index contributed by atoms with van der Waals surface area (Å²) < 4.78 is 9.72. The Bertz CT molecular complexity index is 478. The molecule has 1 rings (SSSR count). The van der Waals surface area contributed by atoms with Crippen molar-refractivity contribution in [2.45, 2.75) is 19.8 Å². The monoisotopic (exact) mass is 435 g/mol. The molecule has 7 heteroatoms. The zero-order valence-electron chi connectivity index (χ0n) is 13.9. The molecule has 0 bridgehead atoms. The van der Waals surface area contributed by atoms with E-state index in [-0.39, 0.29) is 36.4 Å². The predicted molar refractivity (Wildman–Crippen MR) is 103 cm³/mol. The molecule has 23 heavy (non-hydrogen) atoms. The normalized spacial score (nSPS) is 10.5. The molecule has 2 N–H and O–H groups in total. The van der Waals surface area contributed by atoms with Crippen LogP contribution in [0.1, 0.15) is 18.9 Å². The maximum absolute atomic E-state index is 11.1. The van der Waals surface area contributed by atoms with Gasteiger partial charge in [0.15, 0.2) is 5.96 Å². The molecule has 0 saturated carbocycles. The van der Waals surface area contributed by atoms with Crippen LogP contribution in [0.4, 0.5) is 0 Å². The van der Waals surface area contributed by atoms with E-state index in [1.54, 1.807) is 7.11 Å². The average Bonchev–Trinajstić information content (AvgIpc) is 2.55. The number of ether oxygens (including phenoxy) is 2. The Morgan fingerprint density at radius 3 is 2.43 bits per heavy atom. The van der Waals surface area contributed by atoms with Gasteiger partial charge in [0.25, 0.3) is 0 Å². The van der Waals surface area contributed by atoms with Crippen molar-refractivity contribution in [2.24, 2.45) is 4.99 Å². The summed E-state index contributed by atoms with van der Waals surface area (Å²) in [5.41, 5.74) is 1.22. The van der Waals surface area contributed by atoms with E-state index < -0.39 is 0 Å². The summed E-state index contributed by atoms with van der Waals surface area (Å²) in [7, 11) is 3.04. The molecular weight excluding hydrogens is 409 g/mol. The SMILES string of the molecule is CCNC(=NCCC(=O)OC)NCCc1ccc(OC)cc1.I. The molecule has 6 nitrogen and oxygen atoms in total. The van der Waals surface area contributed by atoms with E-state index in [1.807, 2.05) is 31.2 Å². The van der Waals surface area contributed by atoms with Crippen molar-refractivity contribution in [3.63, 3.8) is 0 Å². The number of aliphatic imine (C=N–C) groups is 1. The third-order valence-corrected chi connectivity index (χ3v) is 3.02. The van der Waals surface area contributed by atoms with E-state index in [1.165, 1.54) is 12.7 Å². The number of nitrogens with one attached hydrogen (secondary N) is 2. The number of methoxy groups -OCH3 is 2. The minimum atomic E-state index is -0.252. The van der Waals surface area contributed by atoms with Crippen LogP contribution in [-0.4, -0.2) is 45.8 Å². The van der Waals surface area contributed by atoms with Crippen LogP contribution < -0.4 is 15.4 Å². The second kappa shape index (κ2) is 13.0. The van der Waals surface area contributed by atoms with Crippen LogP contribution >= 0.6 is 24.0 Å². The highest BCUT2D eigenvalue weighted by atomic mass is 127. The lowest BCUT2D eigenvalue weighted by Crippen LogP contribution is -2.38. The molecule has 0 spiro atoms. The Labute approximate surface area is 155 Å². The highest BCUT2D eigenvalue weighted by Crippen LogP contribution is 2.11. The fourth-order valence-corrected chi connectivity index (χ4v) is 1.82. The highest BCUT2D eigenvalue weighted by molar-refractivity contribution is 14.0. The van der Waals surface area contributed by atoms with Crippen molar-refractivity contribution in [3.05, 3.63) is 29.8 Å². The number of rotatable bonds is 8. The summed E-state index contributed by atoms with van der Waals surface area (Å²) in [5, 5.41) is 6.39. The molecule has 0 aliphatic carbocycles. The minimum absolute atomic E-state index is 0. The van der Waals surface area contributed by atoms with E-state index in [9.17, 15) is 4.79 Å². The number of guanidine groups is 1. The standard InChI is InChI=1S/C16H25N3O3.HI/c1-4-17-16(19-12-10-15(20)22-3)18-11-9-13-5-7-14(21-2)8-6-13;/h5-8H,4,9-12H2,1-3H3,(H2,17,18,19);1H. The number of benzene rings is 1. The van der Waals surface area contributed by atoms with Gasteiger partial charge in [-0.1, -0.05) is 12.1 Å². The molecule has 1 aromatic rings. The van der Waals surface area contributed by atoms with Gasteiger partial charge in [0, 0.05) is 13.1 Å². The number of hydrogen-bond acceptors (Lipinski definition) is 4. The van der Waals surface area contributed by atoms with Gasteiger partial charge in [-0.3, -0.25) is 9.79 Å². The van der Waals surface area contributed by atoms with E-state index in [4.69, 9.17) is 4.74 Å². The molecule has 0 aromatic heterocycles. The number of nitrogens with zero attached hydrogens (tertiary/aromatic N) is 1. The van der Waals surface area contributed by atoms with Crippen molar-refractivity contribution in [2.75, 3.05) is 33.9 Å². The van der Waals surface area contributed by atoms with Gasteiger partial charge in [-0.25, -0.2) is 0 Å². The summed E-state index contributed by atoms with van der Waals surface area (Å²) in [6.07, 6.45) is 1.16. The van der Waals surface area contributed by atoms with Crippen LogP contribution in [0.15, 0.2) is 29.3 Å². The second-order valence-electron chi connectivity index (χ2n) is 4.61. The van der Waals surface area contributed by atoms with Crippen molar-refractivity contribution in [1.82, 2.24) is 10.6 Å². The lowest BCUT2D eigenvalue weighted by atomic mass is 10.1. The molecule has 130 valence electrons. The van der Waals surface area contributed by atoms with Gasteiger partial charge < -0.3 is 20.1 Å². The van der Waals surface area contributed by atoms with Crippen LogP contribution in [0.3, 0.4) is 0 Å². The summed E-state index contributed by atoms with van der Waals surface area (Å²) in [6.45, 7) is 3.94. The lowest BCUT2D eigenvalue weighted by molar-refractivity contribution is -0.140. The zero-order valence-corrected chi connectivity index (χ0v) is 16.3. The fourth-order valence-electron chi connectivity index (χ4n) is 1.82. The van der Waals surface area contributed by atoms with E-state index in [0.717, 1.165) is 25.3 Å².